The third kappa shape index (κ3) is 4.60. The van der Waals surface area contributed by atoms with Gasteiger partial charge in [-0.05, 0) is 48.7 Å². The van der Waals surface area contributed by atoms with Crippen LogP contribution >= 0.6 is 0 Å². The van der Waals surface area contributed by atoms with Crippen molar-refractivity contribution in [1.29, 1.82) is 0 Å². The van der Waals surface area contributed by atoms with Crippen molar-refractivity contribution in [3.8, 4) is 0 Å². The molecule has 4 heteroatoms. The van der Waals surface area contributed by atoms with Gasteiger partial charge >= 0.3 is 0 Å². The van der Waals surface area contributed by atoms with Crippen molar-refractivity contribution in [3.05, 3.63) is 59.4 Å². The first kappa shape index (κ1) is 15.0. The van der Waals surface area contributed by atoms with Gasteiger partial charge in [-0.15, -0.1) is 0 Å². The molecular formula is C17H21N3O. The smallest absolute Gasteiger partial charge is 0.224 e. The number of aryl methyl sites for hydroxylation is 1. The number of benzene rings is 1. The highest BCUT2D eigenvalue weighted by Crippen LogP contribution is 2.13. The number of carbonyl (C=O) groups excluding carboxylic acids is 1. The summed E-state index contributed by atoms with van der Waals surface area (Å²) in [4.78, 5) is 15.6. The zero-order valence-corrected chi connectivity index (χ0v) is 12.5. The molecule has 0 aliphatic carbocycles. The van der Waals surface area contributed by atoms with E-state index in [9.17, 15) is 4.79 Å². The highest BCUT2D eigenvalue weighted by molar-refractivity contribution is 5.78. The summed E-state index contributed by atoms with van der Waals surface area (Å²) < 4.78 is 0. The number of amides is 1. The lowest BCUT2D eigenvalue weighted by molar-refractivity contribution is -0.120. The molecule has 2 N–H and O–H groups in total. The maximum Gasteiger partial charge on any atom is 0.224 e. The molecule has 1 amide bonds. The summed E-state index contributed by atoms with van der Waals surface area (Å²) in [7, 11) is 0. The highest BCUT2D eigenvalue weighted by atomic mass is 16.1. The number of rotatable bonds is 6. The van der Waals surface area contributed by atoms with Crippen molar-refractivity contribution in [2.24, 2.45) is 0 Å². The molecule has 110 valence electrons. The molecule has 0 saturated carbocycles. The number of hydrogen-bond acceptors (Lipinski definition) is 3. The van der Waals surface area contributed by atoms with E-state index >= 15 is 0 Å². The van der Waals surface area contributed by atoms with E-state index in [1.165, 1.54) is 11.1 Å². The van der Waals surface area contributed by atoms with Crippen LogP contribution in [0.2, 0.25) is 0 Å². The van der Waals surface area contributed by atoms with Gasteiger partial charge in [-0.25, -0.2) is 0 Å². The quantitative estimate of drug-likeness (QED) is 0.857. The molecule has 0 fully saturated rings. The maximum absolute atomic E-state index is 11.5. The van der Waals surface area contributed by atoms with E-state index < -0.39 is 0 Å². The summed E-state index contributed by atoms with van der Waals surface area (Å²) in [5.74, 6) is 0.0594. The predicted octanol–water partition coefficient (Wildman–Crippen LogP) is 2.68. The normalized spacial score (nSPS) is 10.2. The van der Waals surface area contributed by atoms with E-state index in [2.05, 4.69) is 22.5 Å². The minimum atomic E-state index is 0.0594. The largest absolute Gasteiger partial charge is 0.381 e. The Morgan fingerprint density at radius 2 is 1.95 bits per heavy atom. The van der Waals surface area contributed by atoms with Gasteiger partial charge in [0.05, 0.1) is 6.42 Å². The Labute approximate surface area is 125 Å². The van der Waals surface area contributed by atoms with Crippen molar-refractivity contribution in [2.75, 3.05) is 11.9 Å². The van der Waals surface area contributed by atoms with Crippen molar-refractivity contribution < 1.29 is 4.79 Å². The molecular weight excluding hydrogens is 262 g/mol. The highest BCUT2D eigenvalue weighted by Gasteiger charge is 2.02. The fourth-order valence-electron chi connectivity index (χ4n) is 2.06. The van der Waals surface area contributed by atoms with Gasteiger partial charge < -0.3 is 10.6 Å². The van der Waals surface area contributed by atoms with Crippen molar-refractivity contribution in [2.45, 2.75) is 26.8 Å². The van der Waals surface area contributed by atoms with Crippen molar-refractivity contribution in [1.82, 2.24) is 10.3 Å². The van der Waals surface area contributed by atoms with E-state index in [4.69, 9.17) is 0 Å². The van der Waals surface area contributed by atoms with Crippen molar-refractivity contribution in [3.63, 3.8) is 0 Å². The third-order valence-corrected chi connectivity index (χ3v) is 3.32. The Kier molecular flexibility index (Phi) is 5.32. The molecule has 0 atom stereocenters. The van der Waals surface area contributed by atoms with E-state index in [-0.39, 0.29) is 5.91 Å². The second-order valence-corrected chi connectivity index (χ2v) is 4.98. The molecule has 2 aromatic rings. The Bertz CT molecular complexity index is 593. The van der Waals surface area contributed by atoms with Crippen LogP contribution in [-0.4, -0.2) is 17.4 Å². The number of aromatic nitrogens is 1. The van der Waals surface area contributed by atoms with Crippen LogP contribution in [0.15, 0.2) is 42.7 Å². The number of likely N-dealkylation sites (N-methyl/N-ethyl adjacent to an activating group) is 1. The molecule has 1 aromatic heterocycles. The van der Waals surface area contributed by atoms with Crippen LogP contribution in [-0.2, 0) is 17.8 Å². The van der Waals surface area contributed by atoms with Crippen LogP contribution in [0.5, 0.6) is 0 Å². The van der Waals surface area contributed by atoms with Gasteiger partial charge in [-0.1, -0.05) is 12.1 Å². The third-order valence-electron chi connectivity index (χ3n) is 3.32. The SMILES string of the molecule is CCNC(=O)Cc1ccc(NCc2cnccc2C)cc1. The Hall–Kier alpha value is -2.36. The van der Waals surface area contributed by atoms with Gasteiger partial charge in [-0.3, -0.25) is 9.78 Å². The minimum Gasteiger partial charge on any atom is -0.381 e. The van der Waals surface area contributed by atoms with Crippen LogP contribution < -0.4 is 10.6 Å². The lowest BCUT2D eigenvalue weighted by Crippen LogP contribution is -2.24. The van der Waals surface area contributed by atoms with Gasteiger partial charge in [0.1, 0.15) is 0 Å². The molecule has 0 aliphatic rings. The van der Waals surface area contributed by atoms with E-state index in [0.29, 0.717) is 13.0 Å². The molecule has 4 nitrogen and oxygen atoms in total. The number of anilines is 1. The van der Waals surface area contributed by atoms with E-state index in [1.54, 1.807) is 6.20 Å². The first-order valence-corrected chi connectivity index (χ1v) is 7.18. The first-order chi connectivity index (χ1) is 10.2. The molecule has 1 heterocycles. The van der Waals surface area contributed by atoms with E-state index in [0.717, 1.165) is 17.8 Å². The summed E-state index contributed by atoms with van der Waals surface area (Å²) in [6, 6.07) is 9.97. The lowest BCUT2D eigenvalue weighted by Gasteiger charge is -2.09. The fourth-order valence-corrected chi connectivity index (χ4v) is 2.06. The molecule has 0 aliphatic heterocycles. The number of pyridine rings is 1. The second-order valence-electron chi connectivity index (χ2n) is 4.98. The average Bonchev–Trinajstić information content (AvgIpc) is 2.48. The molecule has 0 radical (unpaired) electrons. The first-order valence-electron chi connectivity index (χ1n) is 7.18. The average molecular weight is 283 g/mol. The number of hydrogen-bond donors (Lipinski definition) is 2. The predicted molar refractivity (Wildman–Crippen MR) is 85.1 cm³/mol. The van der Waals surface area contributed by atoms with Crippen LogP contribution in [0, 0.1) is 6.92 Å². The molecule has 1 aromatic carbocycles. The zero-order chi connectivity index (χ0) is 15.1. The van der Waals surface area contributed by atoms with Crippen LogP contribution in [0.4, 0.5) is 5.69 Å². The molecule has 0 bridgehead atoms. The minimum absolute atomic E-state index is 0.0594. The standard InChI is InChI=1S/C17H21N3O/c1-3-19-17(21)10-14-4-6-16(7-5-14)20-12-15-11-18-9-8-13(15)2/h4-9,11,20H,3,10,12H2,1-2H3,(H,19,21). The number of carbonyl (C=O) groups is 1. The van der Waals surface area contributed by atoms with Gasteiger partial charge in [-0.2, -0.15) is 0 Å². The van der Waals surface area contributed by atoms with Gasteiger partial charge in [0, 0.05) is 31.2 Å². The van der Waals surface area contributed by atoms with Gasteiger partial charge in [0.2, 0.25) is 5.91 Å². The summed E-state index contributed by atoms with van der Waals surface area (Å²) in [6.07, 6.45) is 4.11. The topological polar surface area (TPSA) is 54.0 Å². The Morgan fingerprint density at radius 1 is 1.19 bits per heavy atom. The Balaban J connectivity index is 1.91. The lowest BCUT2D eigenvalue weighted by atomic mass is 10.1. The van der Waals surface area contributed by atoms with Crippen LogP contribution in [0.25, 0.3) is 0 Å². The van der Waals surface area contributed by atoms with Gasteiger partial charge in [0.25, 0.3) is 0 Å². The Morgan fingerprint density at radius 3 is 2.62 bits per heavy atom. The molecule has 21 heavy (non-hydrogen) atoms. The fraction of sp³-hybridized carbons (Fsp3) is 0.294. The summed E-state index contributed by atoms with van der Waals surface area (Å²) in [6.45, 7) is 5.41. The molecule has 0 saturated heterocycles. The number of nitrogens with zero attached hydrogens (tertiary/aromatic N) is 1. The van der Waals surface area contributed by atoms with Crippen LogP contribution in [0.1, 0.15) is 23.6 Å². The van der Waals surface area contributed by atoms with Crippen molar-refractivity contribution >= 4 is 11.6 Å². The maximum atomic E-state index is 11.5. The molecule has 0 unspecified atom stereocenters. The monoisotopic (exact) mass is 283 g/mol. The summed E-state index contributed by atoms with van der Waals surface area (Å²) in [5, 5.41) is 6.17. The van der Waals surface area contributed by atoms with Gasteiger partial charge in [0.15, 0.2) is 0 Å². The summed E-state index contributed by atoms with van der Waals surface area (Å²) >= 11 is 0. The number of nitrogens with one attached hydrogen (secondary N) is 2. The van der Waals surface area contributed by atoms with E-state index in [1.807, 2.05) is 43.5 Å². The second kappa shape index (κ2) is 7.43. The van der Waals surface area contributed by atoms with Crippen LogP contribution in [0.3, 0.4) is 0 Å². The zero-order valence-electron chi connectivity index (χ0n) is 12.5. The summed E-state index contributed by atoms with van der Waals surface area (Å²) in [5.41, 5.74) is 4.47. The molecule has 2 rings (SSSR count). The molecule has 0 spiro atoms.